The molecule has 138 valence electrons. The lowest BCUT2D eigenvalue weighted by Gasteiger charge is -2.19. The van der Waals surface area contributed by atoms with E-state index in [1.54, 1.807) is 0 Å². The predicted octanol–water partition coefficient (Wildman–Crippen LogP) is 3.24. The van der Waals surface area contributed by atoms with Gasteiger partial charge in [0.25, 0.3) is 0 Å². The lowest BCUT2D eigenvalue weighted by Crippen LogP contribution is -2.21. The largest absolute Gasteiger partial charge is 0.354 e. The number of benzene rings is 1. The van der Waals surface area contributed by atoms with Crippen LogP contribution >= 0.6 is 0 Å². The first-order chi connectivity index (χ1) is 12.9. The van der Waals surface area contributed by atoms with E-state index >= 15 is 0 Å². The van der Waals surface area contributed by atoms with Crippen molar-refractivity contribution < 1.29 is 0 Å². The summed E-state index contributed by atoms with van der Waals surface area (Å²) < 4.78 is 3.72. The molecule has 7 nitrogen and oxygen atoms in total. The Morgan fingerprint density at radius 2 is 1.78 bits per heavy atom. The third-order valence-electron chi connectivity index (χ3n) is 4.39. The summed E-state index contributed by atoms with van der Waals surface area (Å²) in [6.07, 6.45) is 3.94. The fourth-order valence-corrected chi connectivity index (χ4v) is 2.97. The Balaban J connectivity index is 1.58. The second-order valence-corrected chi connectivity index (χ2v) is 7.72. The van der Waals surface area contributed by atoms with Crippen LogP contribution in [-0.2, 0) is 12.0 Å². The molecule has 0 spiro atoms. The summed E-state index contributed by atoms with van der Waals surface area (Å²) >= 11 is 0. The van der Waals surface area contributed by atoms with E-state index in [0.29, 0.717) is 6.54 Å². The maximum atomic E-state index is 4.75. The maximum absolute atomic E-state index is 4.75. The van der Waals surface area contributed by atoms with E-state index in [9.17, 15) is 0 Å². The summed E-state index contributed by atoms with van der Waals surface area (Å²) in [7, 11) is 2.02. The van der Waals surface area contributed by atoms with Crippen molar-refractivity contribution in [1.29, 1.82) is 0 Å². The van der Waals surface area contributed by atoms with Gasteiger partial charge in [0.05, 0.1) is 11.9 Å². The van der Waals surface area contributed by atoms with Crippen LogP contribution in [0.15, 0.2) is 54.9 Å². The normalized spacial score (nSPS) is 11.9. The Morgan fingerprint density at radius 1 is 1.00 bits per heavy atom. The second-order valence-electron chi connectivity index (χ2n) is 7.72. The maximum Gasteiger partial charge on any atom is 0.178 e. The van der Waals surface area contributed by atoms with Crippen LogP contribution in [0.25, 0.3) is 11.3 Å². The molecule has 0 radical (unpaired) electrons. The number of fused-ring (bicyclic) bond motifs is 1. The molecule has 0 amide bonds. The molecule has 0 atom stereocenters. The van der Waals surface area contributed by atoms with Crippen LogP contribution in [0.4, 0.5) is 5.82 Å². The third-order valence-corrected chi connectivity index (χ3v) is 4.39. The van der Waals surface area contributed by atoms with Crippen LogP contribution in [0.3, 0.4) is 0 Å². The second kappa shape index (κ2) is 6.50. The van der Waals surface area contributed by atoms with Crippen molar-refractivity contribution >= 4 is 11.5 Å². The van der Waals surface area contributed by atoms with Crippen molar-refractivity contribution in [2.75, 3.05) is 11.9 Å². The highest BCUT2D eigenvalue weighted by molar-refractivity contribution is 5.46. The minimum Gasteiger partial charge on any atom is -0.354 e. The molecule has 0 fully saturated rings. The van der Waals surface area contributed by atoms with Gasteiger partial charge in [0.15, 0.2) is 11.5 Å². The van der Waals surface area contributed by atoms with Gasteiger partial charge in [-0.15, -0.1) is 15.3 Å². The minimum atomic E-state index is -0.125. The van der Waals surface area contributed by atoms with Gasteiger partial charge in [-0.25, -0.2) is 4.68 Å². The van der Waals surface area contributed by atoms with Gasteiger partial charge in [0, 0.05) is 30.8 Å². The molecule has 0 N–H and O–H groups in total. The van der Waals surface area contributed by atoms with E-state index in [2.05, 4.69) is 41.0 Å². The zero-order valence-electron chi connectivity index (χ0n) is 16.0. The highest BCUT2D eigenvalue weighted by Crippen LogP contribution is 2.22. The number of hydrogen-bond acceptors (Lipinski definition) is 5. The summed E-state index contributed by atoms with van der Waals surface area (Å²) in [6.45, 7) is 7.04. The lowest BCUT2D eigenvalue weighted by atomic mass is 9.96. The molecule has 0 saturated heterocycles. The smallest absolute Gasteiger partial charge is 0.178 e. The molecule has 0 bridgehead atoms. The average Bonchev–Trinajstić information content (AvgIpc) is 3.28. The summed E-state index contributed by atoms with van der Waals surface area (Å²) in [5, 5.41) is 17.8. The summed E-state index contributed by atoms with van der Waals surface area (Å²) in [5.74, 6) is 1.71. The average molecular weight is 361 g/mol. The lowest BCUT2D eigenvalue weighted by molar-refractivity contribution is 0.526. The molecule has 7 heteroatoms. The summed E-state index contributed by atoms with van der Waals surface area (Å²) in [5.41, 5.74) is 2.79. The number of hydrogen-bond donors (Lipinski definition) is 0. The van der Waals surface area contributed by atoms with Crippen LogP contribution in [0.1, 0.15) is 32.2 Å². The first-order valence-corrected chi connectivity index (χ1v) is 8.95. The van der Waals surface area contributed by atoms with Gasteiger partial charge in [-0.05, 0) is 24.3 Å². The van der Waals surface area contributed by atoms with Gasteiger partial charge < -0.3 is 4.90 Å². The molecule has 0 aliphatic carbocycles. The number of nitrogens with zero attached hydrogens (tertiary/aromatic N) is 7. The molecular formula is C20H23N7. The van der Waals surface area contributed by atoms with Gasteiger partial charge in [0.2, 0.25) is 0 Å². The quantitative estimate of drug-likeness (QED) is 0.558. The standard InChI is InChI=1S/C20H23N7/c1-20(2,3)19-23-22-17-10-11-18(24-27(17)19)25(4)13-15-12-21-26(14-15)16-8-6-5-7-9-16/h5-12,14H,13H2,1-4H3. The molecule has 0 aliphatic rings. The highest BCUT2D eigenvalue weighted by Gasteiger charge is 2.22. The Kier molecular flexibility index (Phi) is 4.14. The number of anilines is 1. The molecule has 1 aromatic carbocycles. The van der Waals surface area contributed by atoms with Crippen molar-refractivity contribution in [2.45, 2.75) is 32.7 Å². The Labute approximate surface area is 158 Å². The third kappa shape index (κ3) is 3.40. The zero-order chi connectivity index (χ0) is 19.0. The van der Waals surface area contributed by atoms with E-state index in [1.165, 1.54) is 0 Å². The molecule has 0 unspecified atom stereocenters. The van der Waals surface area contributed by atoms with E-state index in [1.807, 2.05) is 71.1 Å². The molecule has 0 aliphatic heterocycles. The van der Waals surface area contributed by atoms with Crippen LogP contribution < -0.4 is 4.90 Å². The van der Waals surface area contributed by atoms with Crippen molar-refractivity contribution in [3.05, 3.63) is 66.2 Å². The van der Waals surface area contributed by atoms with Gasteiger partial charge in [-0.1, -0.05) is 39.0 Å². The molecule has 27 heavy (non-hydrogen) atoms. The van der Waals surface area contributed by atoms with Gasteiger partial charge >= 0.3 is 0 Å². The first-order valence-electron chi connectivity index (χ1n) is 8.95. The molecule has 3 aromatic heterocycles. The minimum absolute atomic E-state index is 0.125. The summed E-state index contributed by atoms with van der Waals surface area (Å²) in [4.78, 5) is 2.10. The van der Waals surface area contributed by atoms with Gasteiger partial charge in [-0.3, -0.25) is 0 Å². The van der Waals surface area contributed by atoms with Crippen molar-refractivity contribution in [3.63, 3.8) is 0 Å². The molecule has 3 heterocycles. The van der Waals surface area contributed by atoms with Crippen LogP contribution in [-0.4, -0.2) is 36.6 Å². The monoisotopic (exact) mass is 361 g/mol. The van der Waals surface area contributed by atoms with E-state index in [0.717, 1.165) is 28.5 Å². The van der Waals surface area contributed by atoms with Crippen LogP contribution in [0.2, 0.25) is 0 Å². The molecule has 4 aromatic rings. The highest BCUT2D eigenvalue weighted by atomic mass is 15.4. The Hall–Kier alpha value is -3.22. The zero-order valence-corrected chi connectivity index (χ0v) is 16.0. The van der Waals surface area contributed by atoms with Gasteiger partial charge in [0.1, 0.15) is 5.82 Å². The van der Waals surface area contributed by atoms with E-state index in [4.69, 9.17) is 5.10 Å². The fourth-order valence-electron chi connectivity index (χ4n) is 2.97. The topological polar surface area (TPSA) is 64.1 Å². The number of para-hydroxylation sites is 1. The molecular weight excluding hydrogens is 338 g/mol. The van der Waals surface area contributed by atoms with E-state index in [-0.39, 0.29) is 5.41 Å². The summed E-state index contributed by atoms with van der Waals surface area (Å²) in [6, 6.07) is 14.0. The van der Waals surface area contributed by atoms with Crippen molar-refractivity contribution in [1.82, 2.24) is 29.6 Å². The molecule has 4 rings (SSSR count). The fraction of sp³-hybridized carbons (Fsp3) is 0.300. The first kappa shape index (κ1) is 17.2. The van der Waals surface area contributed by atoms with E-state index < -0.39 is 0 Å². The number of rotatable bonds is 4. The Bertz CT molecular complexity index is 1060. The van der Waals surface area contributed by atoms with Crippen molar-refractivity contribution in [3.8, 4) is 5.69 Å². The van der Waals surface area contributed by atoms with Crippen LogP contribution in [0.5, 0.6) is 0 Å². The SMILES string of the molecule is CN(Cc1cnn(-c2ccccc2)c1)c1ccc2nnc(C(C)(C)C)n2n1. The van der Waals surface area contributed by atoms with Gasteiger partial charge in [-0.2, -0.15) is 9.61 Å². The predicted molar refractivity (Wildman–Crippen MR) is 105 cm³/mol. The Morgan fingerprint density at radius 3 is 2.52 bits per heavy atom. The van der Waals surface area contributed by atoms with Crippen molar-refractivity contribution in [2.24, 2.45) is 0 Å². The number of aromatic nitrogens is 6. The van der Waals surface area contributed by atoms with Crippen LogP contribution in [0, 0.1) is 0 Å². The molecule has 0 saturated carbocycles.